The smallest absolute Gasteiger partial charge is 0.310 e. The number of hydrogen-bond acceptors (Lipinski definition) is 3. The number of anilines is 1. The number of nitrogens with zero attached hydrogens (tertiary/aromatic N) is 1. The average molecular weight is 367 g/mol. The molecule has 0 saturated heterocycles. The van der Waals surface area contributed by atoms with Gasteiger partial charge in [0.05, 0.1) is 5.92 Å². The molecule has 1 fully saturated rings. The van der Waals surface area contributed by atoms with Crippen molar-refractivity contribution in [2.24, 2.45) is 5.92 Å². The molecule has 2 aromatic carbocycles. The predicted molar refractivity (Wildman–Crippen MR) is 99.9 cm³/mol. The molecule has 1 aliphatic carbocycles. The molecule has 140 valence electrons. The molecule has 2 aromatic rings. The lowest BCUT2D eigenvalue weighted by molar-refractivity contribution is -0.155. The minimum Gasteiger partial charge on any atom is -0.452 e. The molecule has 1 saturated carbocycles. The number of esters is 1. The van der Waals surface area contributed by atoms with Crippen LogP contribution in [-0.4, -0.2) is 24.0 Å². The highest BCUT2D eigenvalue weighted by Gasteiger charge is 2.47. The van der Waals surface area contributed by atoms with Crippen LogP contribution < -0.4 is 4.90 Å². The lowest BCUT2D eigenvalue weighted by atomic mass is 10.1. The largest absolute Gasteiger partial charge is 0.452 e. The summed E-state index contributed by atoms with van der Waals surface area (Å²) in [5.41, 5.74) is 2.55. The Labute approximate surface area is 157 Å². The molecule has 4 atom stereocenters. The summed E-state index contributed by atoms with van der Waals surface area (Å²) in [6.07, 6.45) is 0.484. The molecule has 1 heterocycles. The summed E-state index contributed by atoms with van der Waals surface area (Å²) in [5.74, 6) is -1.48. The van der Waals surface area contributed by atoms with Gasteiger partial charge in [0.25, 0.3) is 5.91 Å². The number of hydrogen-bond donors (Lipinski definition) is 0. The van der Waals surface area contributed by atoms with Crippen molar-refractivity contribution < 1.29 is 18.7 Å². The van der Waals surface area contributed by atoms with Gasteiger partial charge in [-0.1, -0.05) is 36.4 Å². The molecule has 1 aliphatic heterocycles. The first-order chi connectivity index (χ1) is 13.0. The Morgan fingerprint density at radius 3 is 2.63 bits per heavy atom. The molecule has 0 radical (unpaired) electrons. The van der Waals surface area contributed by atoms with Gasteiger partial charge in [0.1, 0.15) is 5.82 Å². The molecule has 4 nitrogen and oxygen atoms in total. The summed E-state index contributed by atoms with van der Waals surface area (Å²) in [4.78, 5) is 27.0. The van der Waals surface area contributed by atoms with Crippen molar-refractivity contribution in [3.05, 3.63) is 65.5 Å². The number of carbonyl (C=O) groups is 2. The highest BCUT2D eigenvalue weighted by Crippen LogP contribution is 2.49. The van der Waals surface area contributed by atoms with Crippen molar-refractivity contribution in [2.75, 3.05) is 4.90 Å². The van der Waals surface area contributed by atoms with Gasteiger partial charge in [-0.05, 0) is 49.9 Å². The van der Waals surface area contributed by atoms with Gasteiger partial charge in [-0.3, -0.25) is 9.59 Å². The van der Waals surface area contributed by atoms with Gasteiger partial charge >= 0.3 is 5.97 Å². The second-order valence-electron chi connectivity index (χ2n) is 7.44. The van der Waals surface area contributed by atoms with Crippen molar-refractivity contribution in [3.63, 3.8) is 0 Å². The fourth-order valence-corrected chi connectivity index (χ4v) is 3.98. The van der Waals surface area contributed by atoms with E-state index in [-0.39, 0.29) is 29.6 Å². The number of para-hydroxylation sites is 1. The van der Waals surface area contributed by atoms with Crippen LogP contribution in [0.25, 0.3) is 0 Å². The molecule has 0 aromatic heterocycles. The van der Waals surface area contributed by atoms with E-state index in [4.69, 9.17) is 4.74 Å². The first kappa shape index (κ1) is 17.7. The number of benzene rings is 2. The van der Waals surface area contributed by atoms with E-state index in [1.54, 1.807) is 30.0 Å². The van der Waals surface area contributed by atoms with Crippen LogP contribution in [0.2, 0.25) is 0 Å². The van der Waals surface area contributed by atoms with Crippen LogP contribution in [0.15, 0.2) is 48.5 Å². The molecule has 2 aliphatic rings. The zero-order valence-electron chi connectivity index (χ0n) is 15.4. The summed E-state index contributed by atoms with van der Waals surface area (Å²) < 4.78 is 19.3. The lowest BCUT2D eigenvalue weighted by Crippen LogP contribution is -2.43. The third kappa shape index (κ3) is 3.22. The van der Waals surface area contributed by atoms with E-state index in [1.165, 1.54) is 6.07 Å². The zero-order valence-corrected chi connectivity index (χ0v) is 15.4. The van der Waals surface area contributed by atoms with Crippen LogP contribution in [0.1, 0.15) is 37.3 Å². The third-order valence-corrected chi connectivity index (χ3v) is 5.48. The highest BCUT2D eigenvalue weighted by molar-refractivity contribution is 5.99. The topological polar surface area (TPSA) is 46.6 Å². The van der Waals surface area contributed by atoms with Crippen molar-refractivity contribution in [1.29, 1.82) is 0 Å². The lowest BCUT2D eigenvalue weighted by Gasteiger charge is -2.26. The van der Waals surface area contributed by atoms with Crippen LogP contribution in [0.5, 0.6) is 0 Å². The summed E-state index contributed by atoms with van der Waals surface area (Å²) in [6, 6.07) is 14.3. The molecular weight excluding hydrogens is 345 g/mol. The number of amides is 1. The van der Waals surface area contributed by atoms with Gasteiger partial charge < -0.3 is 9.64 Å². The first-order valence-electron chi connectivity index (χ1n) is 9.33. The number of halogens is 1. The number of fused-ring (bicyclic) bond motifs is 1. The van der Waals surface area contributed by atoms with Gasteiger partial charge in [-0.15, -0.1) is 0 Å². The number of carbonyl (C=O) groups excluding carboxylic acids is 2. The maximum absolute atomic E-state index is 13.9. The Hall–Kier alpha value is -2.69. The van der Waals surface area contributed by atoms with E-state index >= 15 is 0 Å². The van der Waals surface area contributed by atoms with Gasteiger partial charge in [-0.25, -0.2) is 4.39 Å². The van der Waals surface area contributed by atoms with Crippen LogP contribution in [-0.2, 0) is 20.7 Å². The first-order valence-corrected chi connectivity index (χ1v) is 9.33. The minimum atomic E-state index is -0.868. The van der Waals surface area contributed by atoms with E-state index in [1.807, 2.05) is 31.2 Å². The summed E-state index contributed by atoms with van der Waals surface area (Å²) in [5, 5.41) is 0. The van der Waals surface area contributed by atoms with Gasteiger partial charge in [0.2, 0.25) is 0 Å². The van der Waals surface area contributed by atoms with Gasteiger partial charge in [-0.2, -0.15) is 0 Å². The van der Waals surface area contributed by atoms with E-state index < -0.39 is 12.1 Å². The molecule has 4 rings (SSSR count). The maximum Gasteiger partial charge on any atom is 0.310 e. The SMILES string of the molecule is CC(OC(=O)C1CC1c1ccccc1F)C(=O)N1c2ccccc2CC1C. The second kappa shape index (κ2) is 6.80. The fourth-order valence-electron chi connectivity index (χ4n) is 3.98. The highest BCUT2D eigenvalue weighted by atomic mass is 19.1. The van der Waals surface area contributed by atoms with E-state index in [9.17, 15) is 14.0 Å². The predicted octanol–water partition coefficient (Wildman–Crippen LogP) is 3.84. The summed E-state index contributed by atoms with van der Waals surface area (Å²) in [6.45, 7) is 3.59. The van der Waals surface area contributed by atoms with Crippen molar-refractivity contribution in [2.45, 2.75) is 44.8 Å². The molecule has 4 unspecified atom stereocenters. The average Bonchev–Trinajstić information content (AvgIpc) is 3.37. The molecule has 0 N–H and O–H groups in total. The van der Waals surface area contributed by atoms with Crippen molar-refractivity contribution >= 4 is 17.6 Å². The molecule has 5 heteroatoms. The Balaban J connectivity index is 1.41. The van der Waals surface area contributed by atoms with Crippen molar-refractivity contribution in [1.82, 2.24) is 0 Å². The quantitative estimate of drug-likeness (QED) is 0.772. The van der Waals surface area contributed by atoms with Crippen LogP contribution in [0, 0.1) is 11.7 Å². The summed E-state index contributed by atoms with van der Waals surface area (Å²) >= 11 is 0. The molecule has 0 spiro atoms. The Morgan fingerprint density at radius 1 is 1.15 bits per heavy atom. The normalized spacial score (nSPS) is 24.3. The maximum atomic E-state index is 13.9. The van der Waals surface area contributed by atoms with Crippen molar-refractivity contribution in [3.8, 4) is 0 Å². The van der Waals surface area contributed by atoms with E-state index in [0.717, 1.165) is 17.7 Å². The number of rotatable bonds is 4. The second-order valence-corrected chi connectivity index (χ2v) is 7.44. The van der Waals surface area contributed by atoms with Crippen LogP contribution in [0.4, 0.5) is 10.1 Å². The zero-order chi connectivity index (χ0) is 19.1. The van der Waals surface area contributed by atoms with Gasteiger partial charge in [0, 0.05) is 17.6 Å². The minimum absolute atomic E-state index is 0.0307. The Kier molecular flexibility index (Phi) is 4.46. The monoisotopic (exact) mass is 367 g/mol. The van der Waals surface area contributed by atoms with Crippen LogP contribution in [0.3, 0.4) is 0 Å². The van der Waals surface area contributed by atoms with Crippen LogP contribution >= 0.6 is 0 Å². The molecular formula is C22H22FNO3. The standard InChI is InChI=1S/C22H22FNO3/c1-13-11-15-7-3-6-10-20(15)24(13)21(25)14(2)27-22(26)18-12-17(18)16-8-4-5-9-19(16)23/h3-10,13-14,17-18H,11-12H2,1-2H3. The number of ether oxygens (including phenoxy) is 1. The fraction of sp³-hybridized carbons (Fsp3) is 0.364. The van der Waals surface area contributed by atoms with E-state index in [2.05, 4.69) is 0 Å². The Morgan fingerprint density at radius 2 is 1.85 bits per heavy atom. The van der Waals surface area contributed by atoms with Gasteiger partial charge in [0.15, 0.2) is 6.10 Å². The third-order valence-electron chi connectivity index (χ3n) is 5.48. The molecule has 1 amide bonds. The molecule has 27 heavy (non-hydrogen) atoms. The van der Waals surface area contributed by atoms with E-state index in [0.29, 0.717) is 12.0 Å². The molecule has 0 bridgehead atoms. The Bertz CT molecular complexity index is 897. The summed E-state index contributed by atoms with van der Waals surface area (Å²) in [7, 11) is 0.